The van der Waals surface area contributed by atoms with Gasteiger partial charge >= 0.3 is 0 Å². The summed E-state index contributed by atoms with van der Waals surface area (Å²) in [6.45, 7) is 3.23. The molecule has 0 aliphatic carbocycles. The van der Waals surface area contributed by atoms with E-state index in [-0.39, 0.29) is 23.7 Å². The summed E-state index contributed by atoms with van der Waals surface area (Å²) >= 11 is 0. The molecule has 2 fully saturated rings. The van der Waals surface area contributed by atoms with Gasteiger partial charge in [-0.05, 0) is 63.0 Å². The Morgan fingerprint density at radius 2 is 1.93 bits per heavy atom. The van der Waals surface area contributed by atoms with Crippen molar-refractivity contribution in [1.29, 1.82) is 0 Å². The van der Waals surface area contributed by atoms with E-state index in [9.17, 15) is 9.59 Å². The van der Waals surface area contributed by atoms with Gasteiger partial charge in [0.2, 0.25) is 5.91 Å². The predicted molar refractivity (Wildman–Crippen MR) is 112 cm³/mol. The number of nitrogens with zero attached hydrogens (tertiary/aromatic N) is 2. The normalized spacial score (nSPS) is 23.5. The Balaban J connectivity index is 1.54. The van der Waals surface area contributed by atoms with Crippen LogP contribution in [0, 0.1) is 17.8 Å². The lowest BCUT2D eigenvalue weighted by atomic mass is 9.78. The van der Waals surface area contributed by atoms with Gasteiger partial charge in [0.05, 0.1) is 13.0 Å². The molecule has 1 aromatic heterocycles. The minimum atomic E-state index is -0.137. The molecular formula is C22H30N4O3. The molecule has 2 N–H and O–H groups in total. The van der Waals surface area contributed by atoms with E-state index in [0.717, 1.165) is 42.6 Å². The molecule has 0 bridgehead atoms. The number of aromatic nitrogens is 1. The molecule has 3 heterocycles. The number of rotatable bonds is 4. The smallest absolute Gasteiger partial charge is 0.270 e. The maximum Gasteiger partial charge on any atom is 0.270 e. The van der Waals surface area contributed by atoms with Crippen molar-refractivity contribution < 1.29 is 14.3 Å². The van der Waals surface area contributed by atoms with Gasteiger partial charge < -0.3 is 24.8 Å². The van der Waals surface area contributed by atoms with Gasteiger partial charge in [-0.2, -0.15) is 0 Å². The van der Waals surface area contributed by atoms with Crippen LogP contribution in [-0.2, 0) is 4.79 Å². The number of ether oxygens (including phenoxy) is 1. The summed E-state index contributed by atoms with van der Waals surface area (Å²) in [7, 11) is 5.45. The van der Waals surface area contributed by atoms with Crippen LogP contribution in [0.15, 0.2) is 24.3 Å². The monoisotopic (exact) mass is 398 g/mol. The highest BCUT2D eigenvalue weighted by Crippen LogP contribution is 2.36. The second kappa shape index (κ2) is 8.06. The topological polar surface area (TPSA) is 77.7 Å². The minimum Gasteiger partial charge on any atom is -0.497 e. The molecule has 2 saturated heterocycles. The van der Waals surface area contributed by atoms with Crippen LogP contribution in [-0.4, -0.2) is 74.0 Å². The number of amides is 2. The van der Waals surface area contributed by atoms with Gasteiger partial charge in [0.1, 0.15) is 11.4 Å². The fourth-order valence-corrected chi connectivity index (χ4v) is 4.91. The maximum atomic E-state index is 13.2. The molecule has 2 aliphatic rings. The summed E-state index contributed by atoms with van der Waals surface area (Å²) in [5, 5.41) is 3.78. The van der Waals surface area contributed by atoms with Crippen molar-refractivity contribution in [3.63, 3.8) is 0 Å². The summed E-state index contributed by atoms with van der Waals surface area (Å²) in [5.74, 6) is 1.33. The first-order valence-corrected chi connectivity index (χ1v) is 10.4. The van der Waals surface area contributed by atoms with Gasteiger partial charge in [0, 0.05) is 37.1 Å². The fraction of sp³-hybridized carbons (Fsp3) is 0.545. The van der Waals surface area contributed by atoms with E-state index in [1.165, 1.54) is 0 Å². The highest BCUT2D eigenvalue weighted by Gasteiger charge is 2.43. The number of aromatic amines is 1. The Kier molecular flexibility index (Phi) is 5.50. The molecule has 0 radical (unpaired) electrons. The number of H-pyrrole nitrogens is 1. The van der Waals surface area contributed by atoms with Crippen molar-refractivity contribution in [3.8, 4) is 5.75 Å². The second-order valence-electron chi connectivity index (χ2n) is 8.37. The Morgan fingerprint density at radius 3 is 2.62 bits per heavy atom. The molecule has 2 atom stereocenters. The molecular weight excluding hydrogens is 368 g/mol. The van der Waals surface area contributed by atoms with Crippen molar-refractivity contribution in [2.24, 2.45) is 17.8 Å². The Hall–Kier alpha value is -2.54. The lowest BCUT2D eigenvalue weighted by Gasteiger charge is -2.34. The van der Waals surface area contributed by atoms with Gasteiger partial charge in [-0.1, -0.05) is 0 Å². The highest BCUT2D eigenvalue weighted by atomic mass is 16.5. The van der Waals surface area contributed by atoms with E-state index in [1.807, 2.05) is 29.2 Å². The van der Waals surface area contributed by atoms with Gasteiger partial charge in [-0.15, -0.1) is 0 Å². The van der Waals surface area contributed by atoms with Crippen molar-refractivity contribution in [2.75, 3.05) is 47.4 Å². The van der Waals surface area contributed by atoms with Gasteiger partial charge in [0.15, 0.2) is 0 Å². The maximum absolute atomic E-state index is 13.2. The summed E-state index contributed by atoms with van der Waals surface area (Å²) in [5.41, 5.74) is 1.44. The van der Waals surface area contributed by atoms with Crippen LogP contribution in [0.2, 0.25) is 0 Å². The Labute approximate surface area is 171 Å². The van der Waals surface area contributed by atoms with Crippen LogP contribution in [0.25, 0.3) is 10.9 Å². The van der Waals surface area contributed by atoms with Crippen LogP contribution in [0.4, 0.5) is 0 Å². The van der Waals surface area contributed by atoms with Gasteiger partial charge in [-0.25, -0.2) is 0 Å². The SMILES string of the molecule is CNC(=O)[C@@H]1CN(C(=O)c2cc3ccc(OC)cc3[nH]2)C[C@H]1C1CCN(C)CC1. The largest absolute Gasteiger partial charge is 0.497 e. The van der Waals surface area contributed by atoms with E-state index < -0.39 is 0 Å². The molecule has 7 heteroatoms. The van der Waals surface area contributed by atoms with Crippen LogP contribution >= 0.6 is 0 Å². The van der Waals surface area contributed by atoms with E-state index in [0.29, 0.717) is 24.7 Å². The number of likely N-dealkylation sites (tertiary alicyclic amines) is 2. The zero-order valence-electron chi connectivity index (χ0n) is 17.4. The second-order valence-corrected chi connectivity index (χ2v) is 8.37. The molecule has 156 valence electrons. The predicted octanol–water partition coefficient (Wildman–Crippen LogP) is 1.95. The van der Waals surface area contributed by atoms with Crippen LogP contribution in [0.1, 0.15) is 23.3 Å². The third kappa shape index (κ3) is 3.83. The lowest BCUT2D eigenvalue weighted by molar-refractivity contribution is -0.125. The zero-order valence-corrected chi connectivity index (χ0v) is 17.4. The van der Waals surface area contributed by atoms with E-state index >= 15 is 0 Å². The number of nitrogens with one attached hydrogen (secondary N) is 2. The van der Waals surface area contributed by atoms with Crippen LogP contribution < -0.4 is 10.1 Å². The molecule has 1 aromatic carbocycles. The number of carbonyl (C=O) groups excluding carboxylic acids is 2. The average Bonchev–Trinajstić information content (AvgIpc) is 3.37. The van der Waals surface area contributed by atoms with Crippen molar-refractivity contribution >= 4 is 22.7 Å². The van der Waals surface area contributed by atoms with Crippen molar-refractivity contribution in [3.05, 3.63) is 30.0 Å². The number of fused-ring (bicyclic) bond motifs is 1. The molecule has 0 spiro atoms. The molecule has 2 aliphatic heterocycles. The summed E-state index contributed by atoms with van der Waals surface area (Å²) in [6.07, 6.45) is 2.17. The third-order valence-electron chi connectivity index (χ3n) is 6.66. The summed E-state index contributed by atoms with van der Waals surface area (Å²) in [4.78, 5) is 33.2. The Morgan fingerprint density at radius 1 is 1.17 bits per heavy atom. The standard InChI is InChI=1S/C22H30N4O3/c1-23-21(27)18-13-26(12-17(18)14-6-8-25(2)9-7-14)22(28)20-10-15-4-5-16(29-3)11-19(15)24-20/h4-5,10-11,14,17-18,24H,6-9,12-13H2,1-3H3,(H,23,27)/t17-,18+/m0/s1. The van der Waals surface area contributed by atoms with E-state index in [4.69, 9.17) is 4.74 Å². The molecule has 0 unspecified atom stereocenters. The molecule has 2 amide bonds. The number of piperidine rings is 1. The number of hydrogen-bond acceptors (Lipinski definition) is 4. The van der Waals surface area contributed by atoms with Crippen molar-refractivity contribution in [2.45, 2.75) is 12.8 Å². The molecule has 29 heavy (non-hydrogen) atoms. The molecule has 7 nitrogen and oxygen atoms in total. The number of methoxy groups -OCH3 is 1. The lowest BCUT2D eigenvalue weighted by Crippen LogP contribution is -2.39. The summed E-state index contributed by atoms with van der Waals surface area (Å²) < 4.78 is 5.27. The minimum absolute atomic E-state index is 0.0375. The third-order valence-corrected chi connectivity index (χ3v) is 6.66. The first kappa shape index (κ1) is 19.8. The molecule has 4 rings (SSSR count). The van der Waals surface area contributed by atoms with Crippen molar-refractivity contribution in [1.82, 2.24) is 20.1 Å². The van der Waals surface area contributed by atoms with Gasteiger partial charge in [0.25, 0.3) is 5.91 Å². The van der Waals surface area contributed by atoms with Crippen LogP contribution in [0.5, 0.6) is 5.75 Å². The van der Waals surface area contributed by atoms with Crippen LogP contribution in [0.3, 0.4) is 0 Å². The number of benzene rings is 1. The van der Waals surface area contributed by atoms with E-state index in [2.05, 4.69) is 22.2 Å². The quantitative estimate of drug-likeness (QED) is 0.825. The zero-order chi connectivity index (χ0) is 20.5. The fourth-order valence-electron chi connectivity index (χ4n) is 4.91. The highest BCUT2D eigenvalue weighted by molar-refractivity contribution is 5.98. The number of carbonyl (C=O) groups is 2. The average molecular weight is 399 g/mol. The number of hydrogen-bond donors (Lipinski definition) is 2. The summed E-state index contributed by atoms with van der Waals surface area (Å²) in [6, 6.07) is 7.61. The first-order chi connectivity index (χ1) is 14.0. The van der Waals surface area contributed by atoms with E-state index in [1.54, 1.807) is 14.2 Å². The van der Waals surface area contributed by atoms with Gasteiger partial charge in [-0.3, -0.25) is 9.59 Å². The first-order valence-electron chi connectivity index (χ1n) is 10.4. The molecule has 2 aromatic rings. The Bertz CT molecular complexity index is 901. The molecule has 0 saturated carbocycles.